The second-order valence-corrected chi connectivity index (χ2v) is 34.3. The van der Waals surface area contributed by atoms with Crippen molar-refractivity contribution < 1.29 is 14.2 Å². The maximum Gasteiger partial charge on any atom is 0.0714 e. The first-order valence-corrected chi connectivity index (χ1v) is 41.3. The van der Waals surface area contributed by atoms with Gasteiger partial charge in [-0.1, -0.05) is 205 Å². The number of hydrogen-bond donors (Lipinski definition) is 3. The van der Waals surface area contributed by atoms with Crippen LogP contribution in [0.3, 0.4) is 0 Å². The van der Waals surface area contributed by atoms with Crippen LogP contribution >= 0.6 is 141 Å². The minimum Gasteiger partial charge on any atom is -0.399 e. The van der Waals surface area contributed by atoms with E-state index in [4.69, 9.17) is 25.7 Å². The highest BCUT2D eigenvalue weighted by Gasteiger charge is 2.49. The van der Waals surface area contributed by atoms with Crippen molar-refractivity contribution in [1.82, 2.24) is 5.32 Å². The third-order valence-corrected chi connectivity index (χ3v) is 25.0. The first kappa shape index (κ1) is 72.6. The molecule has 12 aromatic carbocycles. The third kappa shape index (κ3) is 14.0. The number of rotatable bonds is 8. The van der Waals surface area contributed by atoms with Crippen LogP contribution in [0.4, 0.5) is 22.7 Å². The van der Waals surface area contributed by atoms with Crippen molar-refractivity contribution in [3.63, 3.8) is 0 Å². The molecule has 0 radical (unpaired) electrons. The molecule has 0 aromatic heterocycles. The molecule has 3 aliphatic heterocycles. The Kier molecular flexibility index (Phi) is 22.2. The maximum atomic E-state index is 6.03. The molecular weight excluding hydrogens is 1900 g/mol. The fourth-order valence-electron chi connectivity index (χ4n) is 16.0. The van der Waals surface area contributed by atoms with Gasteiger partial charge in [0.15, 0.2) is 0 Å². The zero-order chi connectivity index (χ0) is 71.0. The SMILES string of the molecule is Brc1ccc2c(c1)C(c1ccc(I)cc1)(c1ccc(I)cc1)c1cc(Br)ccc1-2.Brc1ccc2c(c1)C(c1ccc(N3CCOCC3)cc1)(c1ccc(N3CCOCC3)cc1)c1cc(Br)ccc1-2.C1COCCN1.Nc1ccc(C2(c3ccc(N)cc3)c3cc(Br)ccc3-c3ccc(Br)cc32)cc1. The molecule has 6 aliphatic rings. The highest BCUT2D eigenvalue weighted by atomic mass is 127. The molecule has 3 fully saturated rings. The number of nitrogens with one attached hydrogen (secondary N) is 1. The van der Waals surface area contributed by atoms with Crippen molar-refractivity contribution in [3.05, 3.63) is 356 Å². The van der Waals surface area contributed by atoms with Gasteiger partial charge in [-0.15, -0.1) is 0 Å². The number of nitrogens with zero attached hydrogens (tertiary/aromatic N) is 2. The smallest absolute Gasteiger partial charge is 0.0714 e. The Hall–Kier alpha value is -5.98. The van der Waals surface area contributed by atoms with Crippen molar-refractivity contribution in [2.75, 3.05) is 100 Å². The summed E-state index contributed by atoms with van der Waals surface area (Å²) < 4.78 is 25.2. The van der Waals surface area contributed by atoms with Crippen molar-refractivity contribution in [2.45, 2.75) is 16.2 Å². The molecule has 16 heteroatoms. The van der Waals surface area contributed by atoms with E-state index in [-0.39, 0.29) is 5.41 Å². The summed E-state index contributed by atoms with van der Waals surface area (Å²) in [4.78, 5) is 4.83. The lowest BCUT2D eigenvalue weighted by Crippen LogP contribution is -2.36. The van der Waals surface area contributed by atoms with E-state index in [0.29, 0.717) is 0 Å². The molecule has 18 rings (SSSR count). The van der Waals surface area contributed by atoms with Crippen LogP contribution in [-0.2, 0) is 30.5 Å². The predicted octanol–water partition coefficient (Wildman–Crippen LogP) is 22.4. The molecule has 0 atom stereocenters. The van der Waals surface area contributed by atoms with Gasteiger partial charge in [0.2, 0.25) is 0 Å². The Balaban J connectivity index is 0.000000121. The van der Waals surface area contributed by atoms with Crippen LogP contribution in [0.25, 0.3) is 33.4 Å². The standard InChI is InChI=1S/C33H30Br2N2O2.C25H14Br2I2.C25H18Br2N2.C4H9NO/c34-25-5-11-29-30-12-6-26(35)22-32(30)33(31(29)21-25,23-1-7-27(8-2-23)36-13-17-38-18-14-36)24-3-9-28(10-4-24)37-15-19-39-20-16-37;2*26-17-5-11-21-22-12-6-18(27)14-24(22)25(23(21)13-17,15-1-7-19(28)8-2-15)16-3-9-20(29)10-4-16;1-3-6-4-2-5-1/h1-12,21-22H,13-20H2;1-14H;1-14H,28-29H2;5H,1-4H2. The van der Waals surface area contributed by atoms with Crippen LogP contribution in [0.15, 0.2) is 282 Å². The van der Waals surface area contributed by atoms with E-state index in [2.05, 4.69) is 386 Å². The fraction of sp³-hybridized carbons (Fsp3) is 0.172. The zero-order valence-electron chi connectivity index (χ0n) is 56.0. The average Bonchev–Trinajstić information content (AvgIpc) is 1.51. The molecule has 0 unspecified atom stereocenters. The summed E-state index contributed by atoms with van der Waals surface area (Å²) in [5, 5.41) is 3.16. The van der Waals surface area contributed by atoms with Gasteiger partial charge < -0.3 is 40.8 Å². The van der Waals surface area contributed by atoms with Gasteiger partial charge in [-0.05, 0) is 291 Å². The minimum atomic E-state index is -0.459. The van der Waals surface area contributed by atoms with Crippen LogP contribution in [0, 0.1) is 7.14 Å². The molecule has 3 aliphatic carbocycles. The molecule has 518 valence electrons. The number of hydrogen-bond acceptors (Lipinski definition) is 8. The summed E-state index contributed by atoms with van der Waals surface area (Å²) in [6, 6.07) is 92.7. The topological polar surface area (TPSA) is 98.2 Å². The Labute approximate surface area is 680 Å². The molecule has 103 heavy (non-hydrogen) atoms. The van der Waals surface area contributed by atoms with Crippen LogP contribution in [-0.4, -0.2) is 78.9 Å². The zero-order valence-corrected chi connectivity index (χ0v) is 69.9. The van der Waals surface area contributed by atoms with E-state index < -0.39 is 10.8 Å². The molecule has 0 saturated carbocycles. The highest BCUT2D eigenvalue weighted by molar-refractivity contribution is 14.1. The monoisotopic (exact) mass is 1960 g/mol. The van der Waals surface area contributed by atoms with Gasteiger partial charge in [-0.2, -0.15) is 0 Å². The van der Waals surface area contributed by atoms with Crippen LogP contribution in [0.2, 0.25) is 0 Å². The van der Waals surface area contributed by atoms with Gasteiger partial charge in [0, 0.05) is 96.0 Å². The predicted molar refractivity (Wildman–Crippen MR) is 461 cm³/mol. The number of nitrogen functional groups attached to an aromatic ring is 2. The molecule has 3 heterocycles. The van der Waals surface area contributed by atoms with Crippen LogP contribution < -0.4 is 26.6 Å². The summed E-state index contributed by atoms with van der Waals surface area (Å²) in [6.07, 6.45) is 0. The lowest BCUT2D eigenvalue weighted by Gasteiger charge is -2.36. The molecule has 0 bridgehead atoms. The number of nitrogens with two attached hydrogens (primary N) is 2. The van der Waals surface area contributed by atoms with Gasteiger partial charge in [0.1, 0.15) is 0 Å². The molecule has 3 saturated heterocycles. The van der Waals surface area contributed by atoms with E-state index in [0.717, 1.165) is 117 Å². The normalized spacial score (nSPS) is 16.0. The van der Waals surface area contributed by atoms with Gasteiger partial charge in [-0.3, -0.25) is 0 Å². The van der Waals surface area contributed by atoms with E-state index >= 15 is 0 Å². The second kappa shape index (κ2) is 31.5. The maximum absolute atomic E-state index is 6.03. The van der Waals surface area contributed by atoms with Crippen molar-refractivity contribution in [3.8, 4) is 33.4 Å². The lowest BCUT2D eigenvalue weighted by molar-refractivity contribution is 0.109. The summed E-state index contributed by atoms with van der Waals surface area (Å²) in [5.41, 5.74) is 37.7. The van der Waals surface area contributed by atoms with Gasteiger partial charge in [-0.25, -0.2) is 0 Å². The highest BCUT2D eigenvalue weighted by Crippen LogP contribution is 2.61. The molecule has 8 nitrogen and oxygen atoms in total. The van der Waals surface area contributed by atoms with Crippen LogP contribution in [0.1, 0.15) is 66.8 Å². The van der Waals surface area contributed by atoms with Crippen LogP contribution in [0.5, 0.6) is 0 Å². The summed E-state index contributed by atoms with van der Waals surface area (Å²) in [7, 11) is 0. The minimum absolute atomic E-state index is 0.354. The summed E-state index contributed by atoms with van der Waals surface area (Å²) in [6.45, 7) is 10.7. The average molecular weight is 1970 g/mol. The van der Waals surface area contributed by atoms with E-state index in [1.165, 1.54) is 119 Å². The Bertz CT molecular complexity index is 4550. The van der Waals surface area contributed by atoms with Gasteiger partial charge in [0.25, 0.3) is 0 Å². The number of benzene rings is 12. The second-order valence-electron chi connectivity index (χ2n) is 26.3. The molecule has 5 N–H and O–H groups in total. The van der Waals surface area contributed by atoms with E-state index in [9.17, 15) is 0 Å². The van der Waals surface area contributed by atoms with Crippen molar-refractivity contribution >= 4 is 164 Å². The largest absolute Gasteiger partial charge is 0.399 e. The quantitative estimate of drug-likeness (QED) is 0.102. The summed E-state index contributed by atoms with van der Waals surface area (Å²) >= 11 is 27.2. The first-order chi connectivity index (χ1) is 50.1. The number of fused-ring (bicyclic) bond motifs is 9. The number of anilines is 4. The van der Waals surface area contributed by atoms with Gasteiger partial charge in [0.05, 0.1) is 55.9 Å². The number of morpholine rings is 3. The fourth-order valence-corrected chi connectivity index (χ4v) is 18.9. The lowest BCUT2D eigenvalue weighted by atomic mass is 9.67. The molecular formula is C87H71Br6I2N5O3. The number of halogens is 8. The van der Waals surface area contributed by atoms with Crippen molar-refractivity contribution in [1.29, 1.82) is 0 Å². The Morgan fingerprint density at radius 3 is 0.709 bits per heavy atom. The Morgan fingerprint density at radius 1 is 0.282 bits per heavy atom. The van der Waals surface area contributed by atoms with Gasteiger partial charge >= 0.3 is 0 Å². The van der Waals surface area contributed by atoms with E-state index in [1.807, 2.05) is 24.3 Å². The third-order valence-electron chi connectivity index (χ3n) is 20.6. The first-order valence-electron chi connectivity index (χ1n) is 34.3. The molecule has 0 amide bonds. The molecule has 12 aromatic rings. The Morgan fingerprint density at radius 2 is 0.495 bits per heavy atom. The van der Waals surface area contributed by atoms with Crippen molar-refractivity contribution in [2.24, 2.45) is 0 Å². The summed E-state index contributed by atoms with van der Waals surface area (Å²) in [5.74, 6) is 0. The number of ether oxygens (including phenoxy) is 3. The van der Waals surface area contributed by atoms with E-state index in [1.54, 1.807) is 0 Å². The molecule has 0 spiro atoms.